The van der Waals surface area contributed by atoms with Crippen LogP contribution in [0.25, 0.3) is 16.9 Å². The van der Waals surface area contributed by atoms with E-state index < -0.39 is 0 Å². The molecule has 0 spiro atoms. The molecule has 4 aromatic rings. The Morgan fingerprint density at radius 2 is 1.96 bits per heavy atom. The summed E-state index contributed by atoms with van der Waals surface area (Å²) in [5, 5.41) is 11.7. The van der Waals surface area contributed by atoms with Gasteiger partial charge in [-0.3, -0.25) is 9.48 Å². The maximum atomic E-state index is 12.7. The van der Waals surface area contributed by atoms with Gasteiger partial charge < -0.3 is 5.32 Å². The molecular formula is C20H20N6O. The molecule has 0 aliphatic rings. The zero-order chi connectivity index (χ0) is 19.1. The van der Waals surface area contributed by atoms with Crippen molar-refractivity contribution in [2.24, 2.45) is 7.05 Å². The smallest absolute Gasteiger partial charge is 0.276 e. The second-order valence-corrected chi connectivity index (χ2v) is 6.60. The summed E-state index contributed by atoms with van der Waals surface area (Å²) in [4.78, 5) is 17.1. The number of nitrogens with zero attached hydrogens (tertiary/aromatic N) is 5. The maximum absolute atomic E-state index is 12.7. The van der Waals surface area contributed by atoms with Crippen LogP contribution in [0.15, 0.2) is 42.7 Å². The first kappa shape index (κ1) is 17.0. The molecule has 3 aromatic heterocycles. The lowest BCUT2D eigenvalue weighted by atomic mass is 10.1. The van der Waals surface area contributed by atoms with Gasteiger partial charge in [0.2, 0.25) is 0 Å². The Kier molecular flexibility index (Phi) is 3.99. The summed E-state index contributed by atoms with van der Waals surface area (Å²) < 4.78 is 3.49. The molecule has 1 amide bonds. The first-order valence-electron chi connectivity index (χ1n) is 8.67. The van der Waals surface area contributed by atoms with Gasteiger partial charge in [-0.2, -0.15) is 10.2 Å². The standard InChI is InChI=1S/C20H20N6O/c1-12-6-5-7-16(13(12)2)23-20(27)17-10-19-21-9-8-18(26(19)24-17)15-11-22-25(4)14(15)3/h5-11H,1-4H3,(H,23,27). The number of amides is 1. The van der Waals surface area contributed by atoms with Crippen LogP contribution in [-0.4, -0.2) is 30.3 Å². The van der Waals surface area contributed by atoms with E-state index in [0.717, 1.165) is 33.8 Å². The molecular weight excluding hydrogens is 340 g/mol. The number of anilines is 1. The molecule has 7 heteroatoms. The fourth-order valence-corrected chi connectivity index (χ4v) is 3.03. The van der Waals surface area contributed by atoms with Crippen molar-refractivity contribution in [3.8, 4) is 11.3 Å². The third kappa shape index (κ3) is 2.87. The number of fused-ring (bicyclic) bond motifs is 1. The van der Waals surface area contributed by atoms with Gasteiger partial charge in [-0.1, -0.05) is 12.1 Å². The largest absolute Gasteiger partial charge is 0.320 e. The fraction of sp³-hybridized carbons (Fsp3) is 0.200. The van der Waals surface area contributed by atoms with Crippen molar-refractivity contribution in [1.29, 1.82) is 0 Å². The van der Waals surface area contributed by atoms with Crippen LogP contribution in [-0.2, 0) is 7.05 Å². The highest BCUT2D eigenvalue weighted by Crippen LogP contribution is 2.24. The van der Waals surface area contributed by atoms with E-state index in [1.54, 1.807) is 27.7 Å². The van der Waals surface area contributed by atoms with E-state index in [4.69, 9.17) is 0 Å². The molecule has 0 radical (unpaired) electrons. The van der Waals surface area contributed by atoms with Gasteiger partial charge in [0.25, 0.3) is 5.91 Å². The summed E-state index contributed by atoms with van der Waals surface area (Å²) in [5.41, 5.74) is 6.69. The van der Waals surface area contributed by atoms with E-state index >= 15 is 0 Å². The Morgan fingerprint density at radius 3 is 2.70 bits per heavy atom. The lowest BCUT2D eigenvalue weighted by molar-refractivity contribution is 0.102. The monoisotopic (exact) mass is 360 g/mol. The molecule has 1 N–H and O–H groups in total. The van der Waals surface area contributed by atoms with Crippen molar-refractivity contribution in [3.05, 3.63) is 65.2 Å². The van der Waals surface area contributed by atoms with Crippen molar-refractivity contribution in [3.63, 3.8) is 0 Å². The van der Waals surface area contributed by atoms with Gasteiger partial charge in [-0.15, -0.1) is 0 Å². The van der Waals surface area contributed by atoms with Crippen LogP contribution in [0.1, 0.15) is 27.3 Å². The zero-order valence-electron chi connectivity index (χ0n) is 15.7. The molecule has 1 aromatic carbocycles. The normalized spacial score (nSPS) is 11.1. The van der Waals surface area contributed by atoms with Gasteiger partial charge in [0.05, 0.1) is 11.9 Å². The minimum Gasteiger partial charge on any atom is -0.320 e. The van der Waals surface area contributed by atoms with Crippen molar-refractivity contribution in [2.75, 3.05) is 5.32 Å². The van der Waals surface area contributed by atoms with Gasteiger partial charge in [-0.05, 0) is 44.0 Å². The molecule has 3 heterocycles. The van der Waals surface area contributed by atoms with Crippen molar-refractivity contribution in [1.82, 2.24) is 24.4 Å². The highest BCUT2D eigenvalue weighted by atomic mass is 16.1. The minimum atomic E-state index is -0.261. The first-order valence-corrected chi connectivity index (χ1v) is 8.67. The molecule has 0 aliphatic carbocycles. The topological polar surface area (TPSA) is 77.1 Å². The molecule has 4 rings (SSSR count). The number of nitrogens with one attached hydrogen (secondary N) is 1. The van der Waals surface area contributed by atoms with Gasteiger partial charge in [0.1, 0.15) is 0 Å². The third-order valence-electron chi connectivity index (χ3n) is 4.95. The molecule has 27 heavy (non-hydrogen) atoms. The molecule has 0 fully saturated rings. The van der Waals surface area contributed by atoms with Crippen LogP contribution in [0.2, 0.25) is 0 Å². The van der Waals surface area contributed by atoms with Crippen molar-refractivity contribution in [2.45, 2.75) is 20.8 Å². The van der Waals surface area contributed by atoms with Crippen LogP contribution in [0.5, 0.6) is 0 Å². The van der Waals surface area contributed by atoms with Crippen LogP contribution in [0.4, 0.5) is 5.69 Å². The Labute approximate surface area is 156 Å². The second kappa shape index (κ2) is 6.35. The number of aromatic nitrogens is 5. The average Bonchev–Trinajstić information content (AvgIpc) is 3.23. The van der Waals surface area contributed by atoms with Crippen LogP contribution >= 0.6 is 0 Å². The predicted molar refractivity (Wildman–Crippen MR) is 104 cm³/mol. The second-order valence-electron chi connectivity index (χ2n) is 6.60. The number of hydrogen-bond donors (Lipinski definition) is 1. The van der Waals surface area contributed by atoms with Gasteiger partial charge in [0, 0.05) is 36.3 Å². The fourth-order valence-electron chi connectivity index (χ4n) is 3.03. The van der Waals surface area contributed by atoms with Gasteiger partial charge in [-0.25, -0.2) is 9.50 Å². The van der Waals surface area contributed by atoms with Crippen LogP contribution < -0.4 is 5.32 Å². The number of benzene rings is 1. The number of rotatable bonds is 3. The summed E-state index contributed by atoms with van der Waals surface area (Å²) in [5.74, 6) is -0.261. The number of carbonyl (C=O) groups excluding carboxylic acids is 1. The first-order chi connectivity index (χ1) is 13.0. The van der Waals surface area contributed by atoms with Gasteiger partial charge >= 0.3 is 0 Å². The molecule has 0 bridgehead atoms. The van der Waals surface area contributed by atoms with E-state index in [0.29, 0.717) is 11.3 Å². The van der Waals surface area contributed by atoms with E-state index in [1.807, 2.05) is 52.1 Å². The van der Waals surface area contributed by atoms with E-state index in [-0.39, 0.29) is 5.91 Å². The lowest BCUT2D eigenvalue weighted by Crippen LogP contribution is -2.14. The lowest BCUT2D eigenvalue weighted by Gasteiger charge is -2.09. The molecule has 7 nitrogen and oxygen atoms in total. The van der Waals surface area contributed by atoms with Gasteiger partial charge in [0.15, 0.2) is 11.3 Å². The van der Waals surface area contributed by atoms with E-state index in [2.05, 4.69) is 20.5 Å². The molecule has 0 saturated carbocycles. The van der Waals surface area contributed by atoms with Crippen molar-refractivity contribution >= 4 is 17.2 Å². The van der Waals surface area contributed by atoms with E-state index in [9.17, 15) is 4.79 Å². The zero-order valence-corrected chi connectivity index (χ0v) is 15.7. The van der Waals surface area contributed by atoms with Crippen molar-refractivity contribution < 1.29 is 4.79 Å². The minimum absolute atomic E-state index is 0.261. The Balaban J connectivity index is 1.74. The maximum Gasteiger partial charge on any atom is 0.276 e. The SMILES string of the molecule is Cc1cccc(NC(=O)c2cc3nccc(-c4cnn(C)c4C)n3n2)c1C. The summed E-state index contributed by atoms with van der Waals surface area (Å²) >= 11 is 0. The Bertz CT molecular complexity index is 1170. The molecule has 136 valence electrons. The summed E-state index contributed by atoms with van der Waals surface area (Å²) in [7, 11) is 1.89. The highest BCUT2D eigenvalue weighted by molar-refractivity contribution is 6.04. The number of aryl methyl sites for hydroxylation is 2. The molecule has 0 atom stereocenters. The van der Waals surface area contributed by atoms with Crippen LogP contribution in [0, 0.1) is 20.8 Å². The highest BCUT2D eigenvalue weighted by Gasteiger charge is 2.17. The summed E-state index contributed by atoms with van der Waals surface area (Å²) in [6, 6.07) is 9.39. The third-order valence-corrected chi connectivity index (χ3v) is 4.95. The van der Waals surface area contributed by atoms with Crippen LogP contribution in [0.3, 0.4) is 0 Å². The summed E-state index contributed by atoms with van der Waals surface area (Å²) in [6.45, 7) is 5.99. The quantitative estimate of drug-likeness (QED) is 0.608. The Hall–Kier alpha value is -3.48. The Morgan fingerprint density at radius 1 is 1.15 bits per heavy atom. The average molecular weight is 360 g/mol. The number of hydrogen-bond acceptors (Lipinski definition) is 4. The van der Waals surface area contributed by atoms with E-state index in [1.165, 1.54) is 0 Å². The number of carbonyl (C=O) groups is 1. The summed E-state index contributed by atoms with van der Waals surface area (Å²) in [6.07, 6.45) is 3.51. The molecule has 0 saturated heterocycles. The molecule has 0 aliphatic heterocycles. The molecule has 0 unspecified atom stereocenters. The predicted octanol–water partition coefficient (Wildman–Crippen LogP) is 3.31.